The van der Waals surface area contributed by atoms with Crippen LogP contribution in [0.25, 0.3) is 0 Å². The van der Waals surface area contributed by atoms with Crippen LogP contribution >= 0.6 is 12.2 Å². The molecule has 0 saturated heterocycles. The molecule has 2 atom stereocenters. The van der Waals surface area contributed by atoms with E-state index in [9.17, 15) is 9.50 Å². The summed E-state index contributed by atoms with van der Waals surface area (Å²) < 4.78 is 13.2. The predicted molar refractivity (Wildman–Crippen MR) is 74.2 cm³/mol. The lowest BCUT2D eigenvalue weighted by molar-refractivity contribution is 0.116. The molecular weight excluding hydrogens is 251 g/mol. The number of aliphatic hydroxyl groups is 1. The highest BCUT2D eigenvalue weighted by Gasteiger charge is 2.23. The number of hydrogen-bond acceptors (Lipinski definition) is 3. The first-order valence-electron chi connectivity index (χ1n) is 6.12. The van der Waals surface area contributed by atoms with Gasteiger partial charge in [-0.25, -0.2) is 4.39 Å². The van der Waals surface area contributed by atoms with Crippen LogP contribution in [0.5, 0.6) is 0 Å². The molecule has 1 fully saturated rings. The van der Waals surface area contributed by atoms with Crippen LogP contribution in [0.15, 0.2) is 18.2 Å². The minimum Gasteiger partial charge on any atom is -0.391 e. The SMILES string of the molecule is NC(=S)c1cc(F)ccc1NC1CCCCC1O. The summed E-state index contributed by atoms with van der Waals surface area (Å²) in [6.07, 6.45) is 3.45. The second kappa shape index (κ2) is 5.63. The van der Waals surface area contributed by atoms with Crippen LogP contribution in [0, 0.1) is 5.82 Å². The zero-order chi connectivity index (χ0) is 13.1. The molecule has 2 rings (SSSR count). The number of nitrogens with one attached hydrogen (secondary N) is 1. The molecule has 1 aliphatic rings. The summed E-state index contributed by atoms with van der Waals surface area (Å²) in [7, 11) is 0. The third-order valence-corrected chi connectivity index (χ3v) is 3.54. The van der Waals surface area contributed by atoms with E-state index in [0.717, 1.165) is 25.7 Å². The van der Waals surface area contributed by atoms with Crippen LogP contribution in [0.4, 0.5) is 10.1 Å². The minimum absolute atomic E-state index is 0.0164. The molecule has 2 unspecified atom stereocenters. The third kappa shape index (κ3) is 2.97. The topological polar surface area (TPSA) is 58.3 Å². The molecule has 0 aromatic heterocycles. The first kappa shape index (κ1) is 13.2. The standard InChI is InChI=1S/C13H17FN2OS/c14-8-5-6-10(9(7-8)13(15)18)16-11-3-1-2-4-12(11)17/h5-7,11-12,16-17H,1-4H2,(H2,15,18). The summed E-state index contributed by atoms with van der Waals surface area (Å²) in [6.45, 7) is 0. The smallest absolute Gasteiger partial charge is 0.124 e. The molecule has 0 aliphatic heterocycles. The molecule has 0 heterocycles. The van der Waals surface area contributed by atoms with E-state index in [1.54, 1.807) is 6.07 Å². The molecule has 1 aromatic rings. The van der Waals surface area contributed by atoms with Crippen LogP contribution in [0.2, 0.25) is 0 Å². The molecule has 0 spiro atoms. The van der Waals surface area contributed by atoms with E-state index in [2.05, 4.69) is 5.32 Å². The van der Waals surface area contributed by atoms with Gasteiger partial charge in [0.25, 0.3) is 0 Å². The molecule has 1 aliphatic carbocycles. The normalized spacial score (nSPS) is 23.7. The number of rotatable bonds is 3. The fraction of sp³-hybridized carbons (Fsp3) is 0.462. The number of anilines is 1. The molecular formula is C13H17FN2OS. The van der Waals surface area contributed by atoms with E-state index in [-0.39, 0.29) is 23.0 Å². The van der Waals surface area contributed by atoms with E-state index in [4.69, 9.17) is 18.0 Å². The minimum atomic E-state index is -0.372. The van der Waals surface area contributed by atoms with Crippen LogP contribution in [-0.2, 0) is 0 Å². The lowest BCUT2D eigenvalue weighted by Gasteiger charge is -2.30. The van der Waals surface area contributed by atoms with Crippen molar-refractivity contribution in [2.45, 2.75) is 37.8 Å². The van der Waals surface area contributed by atoms with Crippen molar-refractivity contribution >= 4 is 22.9 Å². The van der Waals surface area contributed by atoms with Crippen molar-refractivity contribution in [1.82, 2.24) is 0 Å². The van der Waals surface area contributed by atoms with Crippen molar-refractivity contribution in [1.29, 1.82) is 0 Å². The van der Waals surface area contributed by atoms with Gasteiger partial charge in [-0.1, -0.05) is 25.1 Å². The molecule has 0 amide bonds. The Hall–Kier alpha value is -1.20. The molecule has 18 heavy (non-hydrogen) atoms. The first-order valence-corrected chi connectivity index (χ1v) is 6.52. The van der Waals surface area contributed by atoms with E-state index >= 15 is 0 Å². The Balaban J connectivity index is 2.20. The molecule has 5 heteroatoms. The van der Waals surface area contributed by atoms with Crippen LogP contribution in [-0.4, -0.2) is 22.2 Å². The van der Waals surface area contributed by atoms with E-state index in [0.29, 0.717) is 11.3 Å². The van der Waals surface area contributed by atoms with Gasteiger partial charge in [0.05, 0.1) is 12.1 Å². The Bertz CT molecular complexity index is 453. The average molecular weight is 268 g/mol. The van der Waals surface area contributed by atoms with E-state index < -0.39 is 0 Å². The summed E-state index contributed by atoms with van der Waals surface area (Å²) in [6, 6.07) is 4.28. The molecule has 1 saturated carbocycles. The van der Waals surface area contributed by atoms with Crippen molar-refractivity contribution in [2.75, 3.05) is 5.32 Å². The predicted octanol–water partition coefficient (Wildman–Crippen LogP) is 2.18. The Morgan fingerprint density at radius 3 is 2.78 bits per heavy atom. The molecule has 0 bridgehead atoms. The van der Waals surface area contributed by atoms with Crippen molar-refractivity contribution in [3.8, 4) is 0 Å². The number of thiocarbonyl (C=S) groups is 1. The first-order chi connectivity index (χ1) is 8.58. The van der Waals surface area contributed by atoms with Crippen LogP contribution in [0.3, 0.4) is 0 Å². The van der Waals surface area contributed by atoms with Gasteiger partial charge in [-0.15, -0.1) is 0 Å². The maximum Gasteiger partial charge on any atom is 0.124 e. The second-order valence-electron chi connectivity index (χ2n) is 4.66. The summed E-state index contributed by atoms with van der Waals surface area (Å²) in [5, 5.41) is 13.1. The lowest BCUT2D eigenvalue weighted by Crippen LogP contribution is -2.36. The number of nitrogens with two attached hydrogens (primary N) is 1. The molecule has 98 valence electrons. The van der Waals surface area contributed by atoms with Gasteiger partial charge in [-0.2, -0.15) is 0 Å². The second-order valence-corrected chi connectivity index (χ2v) is 5.10. The fourth-order valence-electron chi connectivity index (χ4n) is 2.33. The largest absolute Gasteiger partial charge is 0.391 e. The van der Waals surface area contributed by atoms with Gasteiger partial charge in [-0.3, -0.25) is 0 Å². The van der Waals surface area contributed by atoms with Gasteiger partial charge in [-0.05, 0) is 31.0 Å². The number of benzene rings is 1. The monoisotopic (exact) mass is 268 g/mol. The van der Waals surface area contributed by atoms with Crippen molar-refractivity contribution in [3.63, 3.8) is 0 Å². The quantitative estimate of drug-likeness (QED) is 0.735. The summed E-state index contributed by atoms with van der Waals surface area (Å²) in [4.78, 5) is 0.155. The number of halogens is 1. The Labute approximate surface area is 111 Å². The van der Waals surface area contributed by atoms with Gasteiger partial charge >= 0.3 is 0 Å². The molecule has 0 radical (unpaired) electrons. The molecule has 3 nitrogen and oxygen atoms in total. The van der Waals surface area contributed by atoms with Crippen LogP contribution < -0.4 is 11.1 Å². The van der Waals surface area contributed by atoms with Gasteiger partial charge < -0.3 is 16.2 Å². The highest BCUT2D eigenvalue weighted by molar-refractivity contribution is 7.80. The molecule has 1 aromatic carbocycles. The Kier molecular flexibility index (Phi) is 4.14. The average Bonchev–Trinajstić information content (AvgIpc) is 2.34. The lowest BCUT2D eigenvalue weighted by atomic mass is 9.92. The summed E-state index contributed by atoms with van der Waals surface area (Å²) in [5.41, 5.74) is 6.76. The maximum atomic E-state index is 13.2. The van der Waals surface area contributed by atoms with Crippen molar-refractivity contribution in [3.05, 3.63) is 29.6 Å². The summed E-state index contributed by atoms with van der Waals surface area (Å²) >= 11 is 4.91. The fourth-order valence-corrected chi connectivity index (χ4v) is 2.49. The van der Waals surface area contributed by atoms with Gasteiger partial charge in [0, 0.05) is 11.3 Å². The van der Waals surface area contributed by atoms with E-state index in [1.807, 2.05) is 0 Å². The molecule has 4 N–H and O–H groups in total. The zero-order valence-corrected chi connectivity index (χ0v) is 10.8. The van der Waals surface area contributed by atoms with Crippen LogP contribution in [0.1, 0.15) is 31.2 Å². The van der Waals surface area contributed by atoms with Crippen molar-refractivity contribution in [2.24, 2.45) is 5.73 Å². The summed E-state index contributed by atoms with van der Waals surface area (Å²) in [5.74, 6) is -0.368. The van der Waals surface area contributed by atoms with Crippen molar-refractivity contribution < 1.29 is 9.50 Å². The number of aliphatic hydroxyl groups excluding tert-OH is 1. The highest BCUT2D eigenvalue weighted by Crippen LogP contribution is 2.24. The zero-order valence-electron chi connectivity index (χ0n) is 10.0. The van der Waals surface area contributed by atoms with Gasteiger partial charge in [0.2, 0.25) is 0 Å². The highest BCUT2D eigenvalue weighted by atomic mass is 32.1. The maximum absolute atomic E-state index is 13.2. The van der Waals surface area contributed by atoms with Gasteiger partial charge in [0.1, 0.15) is 10.8 Å². The Morgan fingerprint density at radius 1 is 1.39 bits per heavy atom. The third-order valence-electron chi connectivity index (χ3n) is 3.32. The van der Waals surface area contributed by atoms with Gasteiger partial charge in [0.15, 0.2) is 0 Å². The Morgan fingerprint density at radius 2 is 2.11 bits per heavy atom. The number of hydrogen-bond donors (Lipinski definition) is 3. The van der Waals surface area contributed by atoms with E-state index in [1.165, 1.54) is 12.1 Å².